The topological polar surface area (TPSA) is 87.2 Å². The van der Waals surface area contributed by atoms with E-state index in [4.69, 9.17) is 29.9 Å². The molecule has 0 fully saturated rings. The highest BCUT2D eigenvalue weighted by Gasteiger charge is 2.30. The van der Waals surface area contributed by atoms with E-state index in [2.05, 4.69) is 288 Å². The molecule has 2 aliphatic rings. The van der Waals surface area contributed by atoms with Crippen LogP contribution in [0.4, 0.5) is 0 Å². The van der Waals surface area contributed by atoms with Gasteiger partial charge in [-0.2, -0.15) is 0 Å². The second kappa shape index (κ2) is 25.4. The van der Waals surface area contributed by atoms with Crippen molar-refractivity contribution in [3.8, 4) is 146 Å². The van der Waals surface area contributed by atoms with Crippen LogP contribution in [0, 0.1) is 0 Å². The van der Waals surface area contributed by atoms with Gasteiger partial charge in [-0.25, -0.2) is 29.9 Å². The zero-order chi connectivity index (χ0) is 72.3. The van der Waals surface area contributed by atoms with Crippen LogP contribution in [-0.2, 0) is 0 Å². The molecule has 8 heteroatoms. The van der Waals surface area contributed by atoms with Crippen molar-refractivity contribution in [1.82, 2.24) is 39.0 Å². The molecule has 0 bridgehead atoms. The summed E-state index contributed by atoms with van der Waals surface area (Å²) in [4.78, 5) is 30.4. The molecular formula is C102H62N8. The number of nitrogens with zero attached hydrogens (tertiary/aromatic N) is 8. The van der Waals surface area contributed by atoms with E-state index < -0.39 is 0 Å². The fourth-order valence-corrected chi connectivity index (χ4v) is 17.3. The maximum atomic E-state index is 5.18. The molecular weight excluding hydrogens is 1340 g/mol. The summed E-state index contributed by atoms with van der Waals surface area (Å²) in [5.41, 5.74) is 27.3. The molecule has 0 spiro atoms. The number of hydrogen-bond acceptors (Lipinski definition) is 6. The standard InChI is InChI=1S/C53H32N4.C49H30N4/c1-4-16-33(17-5-1)44-32-47-50-48-41(26-14-27-43(44)48)39-24-12-13-25-40(39)42-28-15-29-45(49(42)50)57(47)46-31-37(30-36-22-10-11-23-38(36)46)53-55-51(34-18-6-2-7-19-34)54-52(56-53)35-20-8-3-9-21-35;1-4-15-31(16-5-1)41-30-43-46-44-38(25-13-26-40(41)44)36-23-10-11-24-37(36)39-27-14-28-42(45(39)46)53(43)35-22-12-21-34(29-35)49-51-47(32-17-6-2-7-18-32)50-48(52-49)33-19-8-3-9-20-33/h1-32H;1-30H. The van der Waals surface area contributed by atoms with Gasteiger partial charge in [-0.3, -0.25) is 0 Å². The number of rotatable bonds is 10. The third-order valence-corrected chi connectivity index (χ3v) is 22.1. The van der Waals surface area contributed by atoms with E-state index in [0.29, 0.717) is 34.9 Å². The molecule has 4 heterocycles. The van der Waals surface area contributed by atoms with Gasteiger partial charge >= 0.3 is 0 Å². The maximum absolute atomic E-state index is 5.18. The van der Waals surface area contributed by atoms with Crippen molar-refractivity contribution in [1.29, 1.82) is 0 Å². The van der Waals surface area contributed by atoms with Crippen LogP contribution in [0.3, 0.4) is 0 Å². The summed E-state index contributed by atoms with van der Waals surface area (Å²) in [6.07, 6.45) is 0. The minimum atomic E-state index is 0.629. The number of fused-ring (bicyclic) bond motifs is 7. The van der Waals surface area contributed by atoms with E-state index in [0.717, 1.165) is 66.6 Å². The molecule has 2 aliphatic carbocycles. The van der Waals surface area contributed by atoms with Crippen molar-refractivity contribution < 1.29 is 0 Å². The zero-order valence-electron chi connectivity index (χ0n) is 59.4. The van der Waals surface area contributed by atoms with Gasteiger partial charge in [-0.1, -0.05) is 328 Å². The van der Waals surface area contributed by atoms with Crippen LogP contribution in [0.2, 0.25) is 0 Å². The lowest BCUT2D eigenvalue weighted by atomic mass is 9.90. The molecule has 0 unspecified atom stereocenters. The summed E-state index contributed by atoms with van der Waals surface area (Å²) >= 11 is 0. The summed E-state index contributed by atoms with van der Waals surface area (Å²) in [6, 6.07) is 134. The molecule has 17 aromatic carbocycles. The largest absolute Gasteiger partial charge is 0.309 e. The minimum absolute atomic E-state index is 0.629. The number of aromatic nitrogens is 8. The Labute approximate surface area is 633 Å². The maximum Gasteiger partial charge on any atom is 0.164 e. The van der Waals surface area contributed by atoms with Gasteiger partial charge in [-0.05, 0) is 131 Å². The van der Waals surface area contributed by atoms with Crippen molar-refractivity contribution in [2.24, 2.45) is 0 Å². The highest BCUT2D eigenvalue weighted by Crippen LogP contribution is 2.55. The first-order chi connectivity index (χ1) is 54.6. The highest BCUT2D eigenvalue weighted by molar-refractivity contribution is 6.34. The molecule has 8 nitrogen and oxygen atoms in total. The van der Waals surface area contributed by atoms with Crippen molar-refractivity contribution in [3.05, 3.63) is 376 Å². The molecule has 4 aromatic heterocycles. The summed E-state index contributed by atoms with van der Waals surface area (Å²) in [5.74, 6) is 3.84. The van der Waals surface area contributed by atoms with Gasteiger partial charge in [-0.15, -0.1) is 0 Å². The third kappa shape index (κ3) is 10.1. The molecule has 0 saturated heterocycles. The molecule has 0 N–H and O–H groups in total. The highest BCUT2D eigenvalue weighted by atomic mass is 15.1. The first-order valence-electron chi connectivity index (χ1n) is 37.3. The van der Waals surface area contributed by atoms with Crippen LogP contribution in [0.25, 0.3) is 222 Å². The average Bonchev–Trinajstić information content (AvgIpc) is 1.54. The zero-order valence-corrected chi connectivity index (χ0v) is 59.4. The minimum Gasteiger partial charge on any atom is -0.309 e. The molecule has 0 radical (unpaired) electrons. The molecule has 0 aliphatic heterocycles. The lowest BCUT2D eigenvalue weighted by molar-refractivity contribution is 1.07. The van der Waals surface area contributed by atoms with Crippen molar-refractivity contribution in [3.63, 3.8) is 0 Å². The SMILES string of the molecule is c1ccc(-c2nc(-c3ccccc3)nc(-c3cc(-n4c5cccc6c5c5c7c(cccc7c(-c7ccccc7)cc54)-c4ccccc4-6)c4ccccc4c3)n2)cc1.c1ccc(-c2nc(-c3ccccc3)nc(-c3cccc(-n4c5cccc6c5c5c7c(cccc7c(-c7ccccc7)cc54)-c4ccccc4-6)c3)n2)cc1. The van der Waals surface area contributed by atoms with Crippen molar-refractivity contribution >= 4 is 75.9 Å². The van der Waals surface area contributed by atoms with E-state index in [9.17, 15) is 0 Å². The monoisotopic (exact) mass is 1400 g/mol. The normalized spacial score (nSPS) is 11.8. The molecule has 21 aromatic rings. The van der Waals surface area contributed by atoms with Crippen LogP contribution in [0.5, 0.6) is 0 Å². The lowest BCUT2D eigenvalue weighted by Crippen LogP contribution is -2.02. The summed E-state index contributed by atoms with van der Waals surface area (Å²) in [6.45, 7) is 0. The van der Waals surface area contributed by atoms with E-state index in [1.54, 1.807) is 0 Å². The first kappa shape index (κ1) is 62.5. The third-order valence-electron chi connectivity index (χ3n) is 22.1. The average molecular weight is 1400 g/mol. The van der Waals surface area contributed by atoms with Crippen LogP contribution in [0.15, 0.2) is 376 Å². The Hall–Kier alpha value is -14.9. The summed E-state index contributed by atoms with van der Waals surface area (Å²) in [7, 11) is 0. The molecule has 510 valence electrons. The molecule has 110 heavy (non-hydrogen) atoms. The van der Waals surface area contributed by atoms with E-state index in [1.807, 2.05) is 97.1 Å². The predicted molar refractivity (Wildman–Crippen MR) is 453 cm³/mol. The fraction of sp³-hybridized carbons (Fsp3) is 0. The number of hydrogen-bond donors (Lipinski definition) is 0. The molecule has 23 rings (SSSR count). The summed E-state index contributed by atoms with van der Waals surface area (Å²) < 4.78 is 4.93. The van der Waals surface area contributed by atoms with Crippen molar-refractivity contribution in [2.45, 2.75) is 0 Å². The predicted octanol–water partition coefficient (Wildman–Crippen LogP) is 26.0. The van der Waals surface area contributed by atoms with E-state index >= 15 is 0 Å². The van der Waals surface area contributed by atoms with Gasteiger partial charge in [0.1, 0.15) is 0 Å². The Bertz CT molecular complexity index is 7180. The second-order valence-electron chi connectivity index (χ2n) is 28.3. The Morgan fingerprint density at radius 2 is 0.473 bits per heavy atom. The van der Waals surface area contributed by atoms with Crippen LogP contribution in [0.1, 0.15) is 0 Å². The van der Waals surface area contributed by atoms with Gasteiger partial charge in [0.2, 0.25) is 0 Å². The second-order valence-corrected chi connectivity index (χ2v) is 28.3. The van der Waals surface area contributed by atoms with Crippen LogP contribution in [-0.4, -0.2) is 39.0 Å². The Balaban J connectivity index is 0.000000136. The number of benzene rings is 17. The van der Waals surface area contributed by atoms with Gasteiger partial charge in [0.25, 0.3) is 0 Å². The fourth-order valence-electron chi connectivity index (χ4n) is 17.3. The molecule has 0 saturated carbocycles. The van der Waals surface area contributed by atoms with Gasteiger partial charge in [0.15, 0.2) is 34.9 Å². The van der Waals surface area contributed by atoms with Gasteiger partial charge in [0.05, 0.1) is 27.8 Å². The molecule has 0 atom stereocenters. The molecule has 0 amide bonds. The van der Waals surface area contributed by atoms with E-state index in [-0.39, 0.29) is 0 Å². The van der Waals surface area contributed by atoms with Gasteiger partial charge < -0.3 is 9.13 Å². The Morgan fingerprint density at radius 1 is 0.164 bits per heavy atom. The van der Waals surface area contributed by atoms with Gasteiger partial charge in [0, 0.05) is 76.8 Å². The Morgan fingerprint density at radius 3 is 0.909 bits per heavy atom. The first-order valence-corrected chi connectivity index (χ1v) is 37.3. The van der Waals surface area contributed by atoms with Crippen LogP contribution < -0.4 is 0 Å². The lowest BCUT2D eigenvalue weighted by Gasteiger charge is -2.18. The van der Waals surface area contributed by atoms with E-state index in [1.165, 1.54) is 121 Å². The van der Waals surface area contributed by atoms with Crippen molar-refractivity contribution in [2.75, 3.05) is 0 Å². The summed E-state index contributed by atoms with van der Waals surface area (Å²) in [5, 5.41) is 12.4. The van der Waals surface area contributed by atoms with Crippen LogP contribution >= 0.6 is 0 Å². The Kier molecular flexibility index (Phi) is 14.5. The smallest absolute Gasteiger partial charge is 0.164 e. The quantitative estimate of drug-likeness (QED) is 0.136.